The molecular formula is C15H20FN3. The maximum atomic E-state index is 13.1. The number of anilines is 1. The second kappa shape index (κ2) is 5.87. The molecule has 1 heterocycles. The van der Waals surface area contributed by atoms with Gasteiger partial charge in [-0.1, -0.05) is 6.07 Å². The van der Waals surface area contributed by atoms with Crippen molar-refractivity contribution < 1.29 is 4.39 Å². The maximum Gasteiger partial charge on any atom is 0.203 e. The molecule has 3 nitrogen and oxygen atoms in total. The van der Waals surface area contributed by atoms with Crippen LogP contribution in [0, 0.1) is 19.7 Å². The lowest BCUT2D eigenvalue weighted by atomic mass is 10.1. The van der Waals surface area contributed by atoms with Crippen molar-refractivity contribution in [1.82, 2.24) is 9.55 Å². The fourth-order valence-corrected chi connectivity index (χ4v) is 2.20. The molecule has 0 amide bonds. The minimum Gasteiger partial charge on any atom is -0.356 e. The van der Waals surface area contributed by atoms with Crippen molar-refractivity contribution >= 4 is 5.95 Å². The van der Waals surface area contributed by atoms with E-state index in [1.54, 1.807) is 6.07 Å². The van der Waals surface area contributed by atoms with E-state index in [2.05, 4.69) is 21.8 Å². The van der Waals surface area contributed by atoms with Crippen LogP contribution in [0.4, 0.5) is 10.3 Å². The van der Waals surface area contributed by atoms with E-state index < -0.39 is 0 Å². The van der Waals surface area contributed by atoms with Gasteiger partial charge < -0.3 is 9.88 Å². The third-order valence-electron chi connectivity index (χ3n) is 3.16. The molecule has 0 saturated carbocycles. The number of rotatable bonds is 5. The van der Waals surface area contributed by atoms with Gasteiger partial charge in [0.1, 0.15) is 5.82 Å². The number of hydrogen-bond donors (Lipinski definition) is 1. The van der Waals surface area contributed by atoms with Crippen LogP contribution in [-0.2, 0) is 13.0 Å². The van der Waals surface area contributed by atoms with Crippen LogP contribution in [0.3, 0.4) is 0 Å². The van der Waals surface area contributed by atoms with Gasteiger partial charge in [0, 0.05) is 19.3 Å². The summed E-state index contributed by atoms with van der Waals surface area (Å²) in [6, 6.07) is 4.97. The predicted molar refractivity (Wildman–Crippen MR) is 76.0 cm³/mol. The van der Waals surface area contributed by atoms with E-state index in [1.165, 1.54) is 11.6 Å². The standard InChI is InChI=1S/C15H20FN3/c1-4-17-15-18-12(3)10-19(15)8-7-13-5-6-14(16)9-11(13)2/h5-6,9-10H,4,7-8H2,1-3H3,(H,17,18). The lowest BCUT2D eigenvalue weighted by Gasteiger charge is -2.10. The van der Waals surface area contributed by atoms with Crippen molar-refractivity contribution in [1.29, 1.82) is 0 Å². The third-order valence-corrected chi connectivity index (χ3v) is 3.16. The summed E-state index contributed by atoms with van der Waals surface area (Å²) >= 11 is 0. The van der Waals surface area contributed by atoms with Crippen molar-refractivity contribution in [2.45, 2.75) is 33.7 Å². The first-order chi connectivity index (χ1) is 9.10. The fraction of sp³-hybridized carbons (Fsp3) is 0.400. The molecule has 0 aliphatic rings. The Balaban J connectivity index is 2.09. The summed E-state index contributed by atoms with van der Waals surface area (Å²) in [7, 11) is 0. The van der Waals surface area contributed by atoms with Gasteiger partial charge in [-0.2, -0.15) is 0 Å². The molecule has 0 fully saturated rings. The molecule has 0 spiro atoms. The zero-order valence-electron chi connectivity index (χ0n) is 11.7. The third kappa shape index (κ3) is 3.34. The normalized spacial score (nSPS) is 10.7. The molecule has 19 heavy (non-hydrogen) atoms. The first kappa shape index (κ1) is 13.6. The highest BCUT2D eigenvalue weighted by Crippen LogP contribution is 2.14. The van der Waals surface area contributed by atoms with Crippen molar-refractivity contribution in [2.24, 2.45) is 0 Å². The van der Waals surface area contributed by atoms with Gasteiger partial charge >= 0.3 is 0 Å². The first-order valence-electron chi connectivity index (χ1n) is 6.63. The van der Waals surface area contributed by atoms with Crippen LogP contribution in [-0.4, -0.2) is 16.1 Å². The van der Waals surface area contributed by atoms with Crippen LogP contribution in [0.1, 0.15) is 23.7 Å². The van der Waals surface area contributed by atoms with E-state index >= 15 is 0 Å². The molecule has 1 N–H and O–H groups in total. The summed E-state index contributed by atoms with van der Waals surface area (Å²) in [4.78, 5) is 4.44. The van der Waals surface area contributed by atoms with Gasteiger partial charge in [-0.25, -0.2) is 9.37 Å². The van der Waals surface area contributed by atoms with Gasteiger partial charge in [0.2, 0.25) is 5.95 Å². The second-order valence-corrected chi connectivity index (χ2v) is 4.75. The predicted octanol–water partition coefficient (Wildman–Crippen LogP) is 3.31. The number of nitrogens with one attached hydrogen (secondary N) is 1. The highest BCUT2D eigenvalue weighted by Gasteiger charge is 2.06. The zero-order valence-corrected chi connectivity index (χ0v) is 11.7. The second-order valence-electron chi connectivity index (χ2n) is 4.75. The van der Waals surface area contributed by atoms with Gasteiger partial charge in [-0.05, 0) is 50.5 Å². The van der Waals surface area contributed by atoms with E-state index in [-0.39, 0.29) is 5.82 Å². The van der Waals surface area contributed by atoms with E-state index in [0.717, 1.165) is 36.7 Å². The number of nitrogens with zero attached hydrogens (tertiary/aromatic N) is 2. The smallest absolute Gasteiger partial charge is 0.203 e. The molecule has 2 rings (SSSR count). The number of halogens is 1. The van der Waals surface area contributed by atoms with Crippen LogP contribution >= 0.6 is 0 Å². The number of benzene rings is 1. The maximum absolute atomic E-state index is 13.1. The highest BCUT2D eigenvalue weighted by atomic mass is 19.1. The summed E-state index contributed by atoms with van der Waals surface area (Å²) in [6.07, 6.45) is 2.91. The molecule has 1 aromatic heterocycles. The van der Waals surface area contributed by atoms with Crippen LogP contribution in [0.15, 0.2) is 24.4 Å². The Bertz CT molecular complexity index is 561. The number of aryl methyl sites for hydroxylation is 4. The lowest BCUT2D eigenvalue weighted by Crippen LogP contribution is -2.08. The molecule has 0 aliphatic heterocycles. The van der Waals surface area contributed by atoms with E-state index in [9.17, 15) is 4.39 Å². The van der Waals surface area contributed by atoms with Gasteiger partial charge in [-0.3, -0.25) is 0 Å². The van der Waals surface area contributed by atoms with Crippen molar-refractivity contribution in [3.8, 4) is 0 Å². The Morgan fingerprint density at radius 3 is 2.79 bits per heavy atom. The van der Waals surface area contributed by atoms with Crippen LogP contribution in [0.2, 0.25) is 0 Å². The summed E-state index contributed by atoms with van der Waals surface area (Å²) in [5.41, 5.74) is 3.18. The van der Waals surface area contributed by atoms with Crippen molar-refractivity contribution in [2.75, 3.05) is 11.9 Å². The summed E-state index contributed by atoms with van der Waals surface area (Å²) in [5, 5.41) is 3.25. The Labute approximate surface area is 113 Å². The molecule has 0 saturated heterocycles. The minimum atomic E-state index is -0.173. The van der Waals surface area contributed by atoms with Crippen molar-refractivity contribution in [3.05, 3.63) is 47.0 Å². The highest BCUT2D eigenvalue weighted by molar-refractivity contribution is 5.30. The number of hydrogen-bond acceptors (Lipinski definition) is 2. The summed E-state index contributed by atoms with van der Waals surface area (Å²) in [5.74, 6) is 0.729. The van der Waals surface area contributed by atoms with Gasteiger partial charge in [-0.15, -0.1) is 0 Å². The monoisotopic (exact) mass is 261 g/mol. The minimum absolute atomic E-state index is 0.173. The first-order valence-corrected chi connectivity index (χ1v) is 6.63. The average molecular weight is 261 g/mol. The largest absolute Gasteiger partial charge is 0.356 e. The Morgan fingerprint density at radius 2 is 2.11 bits per heavy atom. The molecule has 0 bridgehead atoms. The Kier molecular flexibility index (Phi) is 4.20. The molecular weight excluding hydrogens is 241 g/mol. The molecule has 1 aromatic carbocycles. The van der Waals surface area contributed by atoms with Crippen LogP contribution in [0.5, 0.6) is 0 Å². The molecule has 0 atom stereocenters. The molecule has 2 aromatic rings. The molecule has 0 aliphatic carbocycles. The molecule has 102 valence electrons. The van der Waals surface area contributed by atoms with E-state index in [4.69, 9.17) is 0 Å². The quantitative estimate of drug-likeness (QED) is 0.895. The Morgan fingerprint density at radius 1 is 1.32 bits per heavy atom. The van der Waals surface area contributed by atoms with Gasteiger partial charge in [0.05, 0.1) is 5.69 Å². The van der Waals surface area contributed by atoms with Crippen LogP contribution < -0.4 is 5.32 Å². The zero-order chi connectivity index (χ0) is 13.8. The van der Waals surface area contributed by atoms with Gasteiger partial charge in [0.25, 0.3) is 0 Å². The summed E-state index contributed by atoms with van der Waals surface area (Å²) < 4.78 is 15.2. The lowest BCUT2D eigenvalue weighted by molar-refractivity contribution is 0.624. The molecule has 4 heteroatoms. The summed E-state index contributed by atoms with van der Waals surface area (Å²) in [6.45, 7) is 7.68. The SMILES string of the molecule is CCNc1nc(C)cn1CCc1ccc(F)cc1C. The topological polar surface area (TPSA) is 29.9 Å². The number of aromatic nitrogens is 2. The van der Waals surface area contributed by atoms with E-state index in [0.29, 0.717) is 0 Å². The van der Waals surface area contributed by atoms with Gasteiger partial charge in [0.15, 0.2) is 0 Å². The number of imidazole rings is 1. The average Bonchev–Trinajstić information content (AvgIpc) is 2.69. The fourth-order valence-electron chi connectivity index (χ4n) is 2.20. The van der Waals surface area contributed by atoms with Crippen LogP contribution in [0.25, 0.3) is 0 Å². The molecule has 0 unspecified atom stereocenters. The Hall–Kier alpha value is -1.84. The molecule has 0 radical (unpaired) electrons. The van der Waals surface area contributed by atoms with Crippen molar-refractivity contribution in [3.63, 3.8) is 0 Å². The van der Waals surface area contributed by atoms with E-state index in [1.807, 2.05) is 26.1 Å².